The molecule has 0 aliphatic heterocycles. The fourth-order valence-corrected chi connectivity index (χ4v) is 2.01. The second kappa shape index (κ2) is 6.78. The van der Waals surface area contributed by atoms with Gasteiger partial charge in [-0.2, -0.15) is 0 Å². The number of urea groups is 1. The number of rotatable bonds is 4. The topological polar surface area (TPSA) is 82.2 Å². The molecule has 0 radical (unpaired) electrons. The summed E-state index contributed by atoms with van der Waals surface area (Å²) in [5.41, 5.74) is 8.42. The summed E-state index contributed by atoms with van der Waals surface area (Å²) in [5.74, 6) is 0.0191. The number of para-hydroxylation sites is 1. The van der Waals surface area contributed by atoms with Gasteiger partial charge in [0.15, 0.2) is 0 Å². The van der Waals surface area contributed by atoms with E-state index in [0.717, 1.165) is 29.7 Å². The molecule has 2 amide bonds. The predicted molar refractivity (Wildman–Crippen MR) is 78.5 cm³/mol. The average Bonchev–Trinajstić information content (AvgIpc) is 2.39. The Labute approximate surface area is 114 Å². The van der Waals surface area contributed by atoms with Crippen molar-refractivity contribution in [1.29, 1.82) is 5.41 Å². The van der Waals surface area contributed by atoms with Crippen LogP contribution in [0.25, 0.3) is 0 Å². The van der Waals surface area contributed by atoms with Gasteiger partial charge in [0.2, 0.25) is 5.96 Å². The molecule has 0 aliphatic carbocycles. The maximum atomic E-state index is 11.2. The van der Waals surface area contributed by atoms with Gasteiger partial charge in [-0.1, -0.05) is 32.0 Å². The van der Waals surface area contributed by atoms with Crippen molar-refractivity contribution >= 4 is 17.7 Å². The Balaban J connectivity index is 3.04. The fraction of sp³-hybridized carbons (Fsp3) is 0.429. The number of amides is 2. The fourth-order valence-electron chi connectivity index (χ4n) is 2.01. The minimum atomic E-state index is -0.618. The van der Waals surface area contributed by atoms with E-state index in [1.54, 1.807) is 6.92 Å². The van der Waals surface area contributed by atoms with Crippen molar-refractivity contribution in [3.63, 3.8) is 0 Å². The van der Waals surface area contributed by atoms with Gasteiger partial charge in [-0.3, -0.25) is 10.3 Å². The van der Waals surface area contributed by atoms with Crippen molar-refractivity contribution < 1.29 is 4.79 Å². The minimum absolute atomic E-state index is 0.0191. The Morgan fingerprint density at radius 3 is 2.16 bits per heavy atom. The van der Waals surface area contributed by atoms with Gasteiger partial charge in [0.1, 0.15) is 0 Å². The highest BCUT2D eigenvalue weighted by atomic mass is 16.2. The molecule has 0 saturated heterocycles. The maximum Gasteiger partial charge on any atom is 0.321 e. The van der Waals surface area contributed by atoms with E-state index in [0.29, 0.717) is 6.54 Å². The Kier molecular flexibility index (Phi) is 5.36. The normalized spacial score (nSPS) is 10.1. The summed E-state index contributed by atoms with van der Waals surface area (Å²) in [6.45, 7) is 6.29. The number of benzene rings is 1. The van der Waals surface area contributed by atoms with Crippen LogP contribution >= 0.6 is 0 Å². The largest absolute Gasteiger partial charge is 0.351 e. The summed E-state index contributed by atoms with van der Waals surface area (Å²) in [7, 11) is 0. The molecule has 5 nitrogen and oxygen atoms in total. The molecule has 0 aliphatic rings. The molecule has 5 heteroatoms. The zero-order valence-electron chi connectivity index (χ0n) is 11.8. The Morgan fingerprint density at radius 2 is 1.79 bits per heavy atom. The molecule has 1 rings (SSSR count). The van der Waals surface area contributed by atoms with Crippen molar-refractivity contribution in [2.45, 2.75) is 33.6 Å². The molecule has 0 spiro atoms. The first-order valence-electron chi connectivity index (χ1n) is 6.58. The molecule has 0 unspecified atom stereocenters. The summed E-state index contributed by atoms with van der Waals surface area (Å²) in [4.78, 5) is 12.4. The molecule has 1 aromatic rings. The number of primary amides is 1. The highest BCUT2D eigenvalue weighted by molar-refractivity contribution is 6.02. The third kappa shape index (κ3) is 3.47. The van der Waals surface area contributed by atoms with E-state index in [2.05, 4.69) is 19.2 Å². The maximum absolute atomic E-state index is 11.2. The summed E-state index contributed by atoms with van der Waals surface area (Å²) < 4.78 is 0. The van der Waals surface area contributed by atoms with E-state index in [4.69, 9.17) is 11.1 Å². The SMILES string of the molecule is CCc1cccc(CC)c1NC(=N)N(CC)C(N)=O. The van der Waals surface area contributed by atoms with Gasteiger partial charge in [-0.15, -0.1) is 0 Å². The molecule has 0 heterocycles. The summed E-state index contributed by atoms with van der Waals surface area (Å²) in [6, 6.07) is 5.44. The Bertz CT molecular complexity index is 448. The molecule has 0 bridgehead atoms. The van der Waals surface area contributed by atoms with Gasteiger partial charge in [-0.25, -0.2) is 4.79 Å². The summed E-state index contributed by atoms with van der Waals surface area (Å²) >= 11 is 0. The van der Waals surface area contributed by atoms with Gasteiger partial charge in [0.05, 0.1) is 0 Å². The zero-order valence-corrected chi connectivity index (χ0v) is 11.8. The molecule has 104 valence electrons. The van der Waals surface area contributed by atoms with Crippen molar-refractivity contribution in [2.75, 3.05) is 11.9 Å². The van der Waals surface area contributed by atoms with Crippen LogP contribution in [-0.4, -0.2) is 23.4 Å². The van der Waals surface area contributed by atoms with Crippen molar-refractivity contribution in [2.24, 2.45) is 5.73 Å². The number of aryl methyl sites for hydroxylation is 2. The van der Waals surface area contributed by atoms with Crippen LogP contribution in [0.5, 0.6) is 0 Å². The van der Waals surface area contributed by atoms with Crippen molar-refractivity contribution in [3.8, 4) is 0 Å². The van der Waals surface area contributed by atoms with E-state index < -0.39 is 6.03 Å². The van der Waals surface area contributed by atoms with Gasteiger partial charge in [0.25, 0.3) is 0 Å². The third-order valence-electron chi connectivity index (χ3n) is 3.09. The van der Waals surface area contributed by atoms with Crippen LogP contribution in [0.3, 0.4) is 0 Å². The van der Waals surface area contributed by atoms with Gasteiger partial charge in [0, 0.05) is 12.2 Å². The smallest absolute Gasteiger partial charge is 0.321 e. The molecule has 0 atom stereocenters. The lowest BCUT2D eigenvalue weighted by Gasteiger charge is -2.22. The highest BCUT2D eigenvalue weighted by Gasteiger charge is 2.15. The quantitative estimate of drug-likeness (QED) is 0.575. The molecule has 0 saturated carbocycles. The third-order valence-corrected chi connectivity index (χ3v) is 3.09. The molecule has 0 aromatic heterocycles. The van der Waals surface area contributed by atoms with Crippen LogP contribution in [0, 0.1) is 5.41 Å². The van der Waals surface area contributed by atoms with E-state index >= 15 is 0 Å². The number of carbonyl (C=O) groups is 1. The van der Waals surface area contributed by atoms with Crippen molar-refractivity contribution in [1.82, 2.24) is 4.90 Å². The number of anilines is 1. The first-order chi connectivity index (χ1) is 9.04. The second-order valence-electron chi connectivity index (χ2n) is 4.21. The second-order valence-corrected chi connectivity index (χ2v) is 4.21. The number of nitrogens with two attached hydrogens (primary N) is 1. The highest BCUT2D eigenvalue weighted by Crippen LogP contribution is 2.22. The first-order valence-corrected chi connectivity index (χ1v) is 6.58. The van der Waals surface area contributed by atoms with Crippen LogP contribution < -0.4 is 11.1 Å². The van der Waals surface area contributed by atoms with E-state index in [1.807, 2.05) is 18.2 Å². The lowest BCUT2D eigenvalue weighted by Crippen LogP contribution is -2.43. The predicted octanol–water partition coefficient (Wildman–Crippen LogP) is 2.56. The number of nitrogens with zero attached hydrogens (tertiary/aromatic N) is 1. The summed E-state index contributed by atoms with van der Waals surface area (Å²) in [5, 5.41) is 11.0. The van der Waals surface area contributed by atoms with E-state index in [9.17, 15) is 4.79 Å². The van der Waals surface area contributed by atoms with Crippen LogP contribution in [-0.2, 0) is 12.8 Å². The Morgan fingerprint density at radius 1 is 1.26 bits per heavy atom. The van der Waals surface area contributed by atoms with Crippen molar-refractivity contribution in [3.05, 3.63) is 29.3 Å². The van der Waals surface area contributed by atoms with E-state index in [1.165, 1.54) is 4.90 Å². The lowest BCUT2D eigenvalue weighted by atomic mass is 10.0. The lowest BCUT2D eigenvalue weighted by molar-refractivity contribution is 0.231. The molecule has 4 N–H and O–H groups in total. The number of hydrogen-bond acceptors (Lipinski definition) is 2. The number of nitrogens with one attached hydrogen (secondary N) is 2. The molecule has 19 heavy (non-hydrogen) atoms. The van der Waals surface area contributed by atoms with Crippen LogP contribution in [0.4, 0.5) is 10.5 Å². The first kappa shape index (κ1) is 15.0. The van der Waals surface area contributed by atoms with Gasteiger partial charge in [-0.05, 0) is 30.9 Å². The zero-order chi connectivity index (χ0) is 14.4. The average molecular weight is 262 g/mol. The van der Waals surface area contributed by atoms with Gasteiger partial charge >= 0.3 is 6.03 Å². The van der Waals surface area contributed by atoms with Crippen LogP contribution in [0.15, 0.2) is 18.2 Å². The number of hydrogen-bond donors (Lipinski definition) is 3. The minimum Gasteiger partial charge on any atom is -0.351 e. The monoisotopic (exact) mass is 262 g/mol. The number of guanidine groups is 1. The summed E-state index contributed by atoms with van der Waals surface area (Å²) in [6.07, 6.45) is 1.73. The number of carbonyl (C=O) groups excluding carboxylic acids is 1. The standard InChI is InChI=1S/C14H22N4O/c1-4-10-8-7-9-11(5-2)12(10)17-13(15)18(6-3)14(16)19/h7-9H,4-6H2,1-3H3,(H2,15,17)(H2,16,19). The molecular weight excluding hydrogens is 240 g/mol. The van der Waals surface area contributed by atoms with E-state index in [-0.39, 0.29) is 5.96 Å². The van der Waals surface area contributed by atoms with Crippen LogP contribution in [0.2, 0.25) is 0 Å². The molecule has 1 aromatic carbocycles. The van der Waals surface area contributed by atoms with Crippen LogP contribution in [0.1, 0.15) is 31.9 Å². The van der Waals surface area contributed by atoms with Gasteiger partial charge < -0.3 is 11.1 Å². The Hall–Kier alpha value is -2.04. The molecular formula is C14H22N4O. The molecule has 0 fully saturated rings.